The van der Waals surface area contributed by atoms with E-state index in [4.69, 9.17) is 15.6 Å². The molecule has 0 spiro atoms. The first-order valence-corrected chi connectivity index (χ1v) is 20.2. The van der Waals surface area contributed by atoms with Crippen molar-refractivity contribution >= 4 is 47.0 Å². The van der Waals surface area contributed by atoms with Gasteiger partial charge in [-0.25, -0.2) is 26.9 Å². The third-order valence-corrected chi connectivity index (χ3v) is 10.4. The maximum absolute atomic E-state index is 12.5. The predicted molar refractivity (Wildman–Crippen MR) is 270 cm³/mol. The van der Waals surface area contributed by atoms with Crippen molar-refractivity contribution in [3.63, 3.8) is 0 Å². The minimum Gasteiger partial charge on any atom is -0.678 e. The van der Waals surface area contributed by atoms with E-state index >= 15 is 0 Å². The number of aromatic nitrogens is 1. The van der Waals surface area contributed by atoms with Crippen molar-refractivity contribution in [2.24, 2.45) is 0 Å². The Kier molecular flexibility index (Phi) is 27.1. The van der Waals surface area contributed by atoms with E-state index in [9.17, 15) is 22.0 Å². The summed E-state index contributed by atoms with van der Waals surface area (Å²) in [6, 6.07) is 44.8. The number of rotatable bonds is 8. The quantitative estimate of drug-likeness (QED) is 0.0532. The molecule has 0 saturated heterocycles. The second-order valence-electron chi connectivity index (χ2n) is 15.6. The fraction of sp³-hybridized carbons (Fsp3) is 0.218. The van der Waals surface area contributed by atoms with E-state index in [-0.39, 0.29) is 87.4 Å². The first-order valence-electron chi connectivity index (χ1n) is 20.2. The molecule has 0 amide bonds. The SMILES string of the molecule is CC(C)c1cccc(C(C)C)c1[N-]c1cccc2ccc(-c3cccc4c3C([N-]c3ccccc3)CCC4)nc12.C[NH+](C)c1ccccc1.[BH3-]c1c(F)c(F)c(F)c(F)c1F.[CH3-].[CH3-].[CH3-].[CH3-].[Hf+4].[Hf]. The fourth-order valence-corrected chi connectivity index (χ4v) is 7.30. The summed E-state index contributed by atoms with van der Waals surface area (Å²) in [5.74, 6) is -8.36. The second-order valence-corrected chi connectivity index (χ2v) is 15.6. The molecule has 0 saturated carbocycles. The zero-order valence-corrected chi connectivity index (χ0v) is 46.9. The smallest absolute Gasteiger partial charge is 0.678 e. The summed E-state index contributed by atoms with van der Waals surface area (Å²) in [5.41, 5.74) is 12.1. The van der Waals surface area contributed by atoms with Crippen LogP contribution in [0, 0.1) is 58.8 Å². The minimum absolute atomic E-state index is 0. The van der Waals surface area contributed by atoms with E-state index < -0.39 is 42.4 Å². The molecule has 352 valence electrons. The van der Waals surface area contributed by atoms with Gasteiger partial charge >= 0.3 is 25.8 Å². The van der Waals surface area contributed by atoms with E-state index in [1.807, 2.05) is 12.1 Å². The van der Waals surface area contributed by atoms with E-state index in [0.717, 1.165) is 52.9 Å². The Morgan fingerprint density at radius 1 is 0.627 bits per heavy atom. The van der Waals surface area contributed by atoms with E-state index in [2.05, 4.69) is 157 Å². The van der Waals surface area contributed by atoms with Gasteiger partial charge in [0.1, 0.15) is 17.3 Å². The monoisotopic (exact) mass is 1250 g/mol. The standard InChI is InChI=1S/C37H37N3.C8H11N.C6H3BF5.4CH3.2Hf/c1-24(2)29-17-11-18-30(25(3)4)37(29)40-34-21-10-14-27-22-23-32(39-36(27)34)31-19-8-12-26-13-9-20-33(35(26)31)38-28-15-6-5-7-16-28;1-9(2)8-6-4-3-5-7-8;7-1-2(8)4(10)6(12)5(11)3(1)9;;;;;;/h5-8,10-12,14-19,21-25,33H,9,13,20H2,1-4H3;3-7H,1-2H3;7H3;4*1H3;;/q-2;;5*-1;;+4/p+1. The van der Waals surface area contributed by atoms with Crippen LogP contribution in [-0.4, -0.2) is 26.9 Å². The van der Waals surface area contributed by atoms with Crippen LogP contribution in [-0.2, 0) is 58.1 Å². The first-order chi connectivity index (χ1) is 29.3. The fourth-order valence-electron chi connectivity index (χ4n) is 7.30. The third-order valence-electron chi connectivity index (χ3n) is 10.4. The Morgan fingerprint density at radius 2 is 1.15 bits per heavy atom. The van der Waals surface area contributed by atoms with Crippen molar-refractivity contribution in [1.29, 1.82) is 0 Å². The number of nitrogens with one attached hydrogen (secondary N) is 1. The van der Waals surface area contributed by atoms with Crippen LogP contribution in [0.1, 0.15) is 80.7 Å². The number of aryl methyl sites for hydroxylation is 1. The minimum atomic E-state index is -2.09. The zero-order chi connectivity index (χ0) is 43.8. The molecular weight excluding hydrogens is 1180 g/mol. The van der Waals surface area contributed by atoms with E-state index in [0.29, 0.717) is 11.8 Å². The van der Waals surface area contributed by atoms with Crippen molar-refractivity contribution in [2.45, 2.75) is 64.8 Å². The van der Waals surface area contributed by atoms with Crippen molar-refractivity contribution in [1.82, 2.24) is 4.98 Å². The number of hydrogen-bond donors (Lipinski definition) is 1. The van der Waals surface area contributed by atoms with Crippen LogP contribution in [0.2, 0.25) is 0 Å². The summed E-state index contributed by atoms with van der Waals surface area (Å²) in [5, 5.41) is 11.6. The number of benzene rings is 6. The van der Waals surface area contributed by atoms with Gasteiger partial charge in [0.15, 0.2) is 17.5 Å². The molecule has 1 N–H and O–H groups in total. The molecular formula is C55H64BF5Hf2N4-2. The van der Waals surface area contributed by atoms with Crippen molar-refractivity contribution in [3.05, 3.63) is 219 Å². The predicted octanol–water partition coefficient (Wildman–Crippen LogP) is 14.2. The molecule has 1 atom stereocenters. The Labute approximate surface area is 436 Å². The van der Waals surface area contributed by atoms with Gasteiger partial charge in [0.2, 0.25) is 0 Å². The Balaban J connectivity index is 0.00000135. The largest absolute Gasteiger partial charge is 4.00 e. The van der Waals surface area contributed by atoms with Crippen LogP contribution < -0.4 is 10.4 Å². The maximum Gasteiger partial charge on any atom is 4.00 e. The van der Waals surface area contributed by atoms with Gasteiger partial charge in [-0.3, -0.25) is 0 Å². The van der Waals surface area contributed by atoms with Crippen molar-refractivity contribution in [2.75, 3.05) is 14.1 Å². The van der Waals surface area contributed by atoms with Gasteiger partial charge in [-0.15, -0.1) is 22.5 Å². The van der Waals surface area contributed by atoms with Gasteiger partial charge in [-0.2, -0.15) is 0 Å². The average molecular weight is 1240 g/mol. The number of fused-ring (bicyclic) bond motifs is 2. The van der Waals surface area contributed by atoms with Crippen LogP contribution in [0.3, 0.4) is 0 Å². The maximum atomic E-state index is 12.5. The van der Waals surface area contributed by atoms with Gasteiger partial charge in [0.25, 0.3) is 0 Å². The van der Waals surface area contributed by atoms with Gasteiger partial charge in [0, 0.05) is 31.4 Å². The Bertz CT molecular complexity index is 2460. The van der Waals surface area contributed by atoms with Gasteiger partial charge < -0.3 is 45.2 Å². The number of hydrogen-bond acceptors (Lipinski definition) is 1. The summed E-state index contributed by atoms with van der Waals surface area (Å²) in [6.07, 6.45) is 3.29. The number of pyridine rings is 1. The van der Waals surface area contributed by atoms with Crippen LogP contribution in [0.5, 0.6) is 0 Å². The van der Waals surface area contributed by atoms with Crippen LogP contribution in [0.4, 0.5) is 44.7 Å². The third kappa shape index (κ3) is 15.1. The van der Waals surface area contributed by atoms with Crippen molar-refractivity contribution in [3.8, 4) is 11.3 Å². The molecule has 12 heteroatoms. The summed E-state index contributed by atoms with van der Waals surface area (Å²) < 4.78 is 61.8. The van der Waals surface area contributed by atoms with Gasteiger partial charge in [-0.05, 0) is 60.8 Å². The normalized spacial score (nSPS) is 12.1. The molecule has 1 aliphatic rings. The Morgan fingerprint density at radius 3 is 1.69 bits per heavy atom. The van der Waals surface area contributed by atoms with Crippen molar-refractivity contribution < 1.29 is 78.5 Å². The molecule has 4 nitrogen and oxygen atoms in total. The molecule has 67 heavy (non-hydrogen) atoms. The van der Waals surface area contributed by atoms with Crippen LogP contribution >= 0.6 is 0 Å². The first kappa shape index (κ1) is 62.7. The summed E-state index contributed by atoms with van der Waals surface area (Å²) in [6.45, 7) is 8.97. The molecule has 0 bridgehead atoms. The zero-order valence-electron chi connectivity index (χ0n) is 39.7. The molecule has 1 aromatic heterocycles. The number of nitrogens with zero attached hydrogens (tertiary/aromatic N) is 3. The number of para-hydroxylation sites is 4. The average Bonchev–Trinajstić information content (AvgIpc) is 3.28. The topological polar surface area (TPSA) is 45.5 Å². The summed E-state index contributed by atoms with van der Waals surface area (Å²) >= 11 is 0. The number of halogens is 5. The molecule has 6 aromatic carbocycles. The second kappa shape index (κ2) is 28.9. The van der Waals surface area contributed by atoms with Crippen LogP contribution in [0.25, 0.3) is 32.8 Å². The van der Waals surface area contributed by atoms with Crippen LogP contribution in [0.15, 0.2) is 127 Å². The molecule has 7 aromatic rings. The van der Waals surface area contributed by atoms with Gasteiger partial charge in [0.05, 0.1) is 25.3 Å². The van der Waals surface area contributed by atoms with Gasteiger partial charge in [-0.1, -0.05) is 167 Å². The molecule has 8 rings (SSSR count). The molecule has 1 unspecified atom stereocenters. The van der Waals surface area contributed by atoms with E-state index in [1.165, 1.54) is 38.4 Å². The number of quaternary nitrogens is 1. The molecule has 0 radical (unpaired) electrons. The van der Waals surface area contributed by atoms with E-state index in [1.54, 1.807) is 0 Å². The summed E-state index contributed by atoms with van der Waals surface area (Å²) in [7, 11) is 3.19. The Hall–Kier alpha value is -4.25. The summed E-state index contributed by atoms with van der Waals surface area (Å²) in [4.78, 5) is 6.68. The molecule has 0 aliphatic heterocycles. The molecule has 1 aliphatic carbocycles. The molecule has 1 heterocycles. The molecule has 0 fully saturated rings.